The average Bonchev–Trinajstić information content (AvgIpc) is 2.51. The van der Waals surface area contributed by atoms with Crippen molar-refractivity contribution in [1.82, 2.24) is 5.32 Å². The maximum atomic E-state index is 11.7. The second-order valence-electron chi connectivity index (χ2n) is 5.58. The highest BCUT2D eigenvalue weighted by molar-refractivity contribution is 7.85. The summed E-state index contributed by atoms with van der Waals surface area (Å²) in [7, 11) is -4.25. The van der Waals surface area contributed by atoms with Crippen LogP contribution in [0.25, 0.3) is 0 Å². The van der Waals surface area contributed by atoms with Crippen molar-refractivity contribution in [1.29, 1.82) is 0 Å². The number of carbonyl (C=O) groups is 2. The molecule has 8 heteroatoms. The molecule has 0 radical (unpaired) electrons. The van der Waals surface area contributed by atoms with E-state index in [0.717, 1.165) is 19.3 Å². The SMILES string of the molecule is O=C(CCCCCc1ccccc1)N[C@@H](CCS(=O)(=O)O)C(=O)O. The third kappa shape index (κ3) is 9.26. The van der Waals surface area contributed by atoms with Gasteiger partial charge in [-0.3, -0.25) is 9.35 Å². The second kappa shape index (κ2) is 10.0. The zero-order chi connectivity index (χ0) is 18.0. The summed E-state index contributed by atoms with van der Waals surface area (Å²) in [6.45, 7) is 0. The third-order valence-electron chi connectivity index (χ3n) is 3.51. The van der Waals surface area contributed by atoms with Gasteiger partial charge in [0.25, 0.3) is 10.1 Å². The van der Waals surface area contributed by atoms with E-state index in [1.807, 2.05) is 30.3 Å². The normalized spacial score (nSPS) is 12.5. The number of carboxylic acids is 1. The molecule has 1 aromatic rings. The van der Waals surface area contributed by atoms with Gasteiger partial charge in [-0.15, -0.1) is 0 Å². The molecule has 134 valence electrons. The van der Waals surface area contributed by atoms with Gasteiger partial charge < -0.3 is 10.4 Å². The molecule has 0 saturated carbocycles. The number of rotatable bonds is 11. The van der Waals surface area contributed by atoms with Crippen molar-refractivity contribution in [2.45, 2.75) is 44.6 Å². The Morgan fingerprint density at radius 3 is 2.33 bits per heavy atom. The Bertz CT molecular complexity index is 629. The molecule has 0 fully saturated rings. The van der Waals surface area contributed by atoms with Crippen LogP contribution in [-0.4, -0.2) is 41.7 Å². The lowest BCUT2D eigenvalue weighted by molar-refractivity contribution is -0.141. The lowest BCUT2D eigenvalue weighted by Crippen LogP contribution is -2.41. The van der Waals surface area contributed by atoms with E-state index in [2.05, 4.69) is 5.32 Å². The molecule has 0 aliphatic rings. The largest absolute Gasteiger partial charge is 0.480 e. The van der Waals surface area contributed by atoms with Crippen LogP contribution in [0.4, 0.5) is 0 Å². The van der Waals surface area contributed by atoms with Gasteiger partial charge in [0.15, 0.2) is 0 Å². The molecule has 0 aliphatic heterocycles. The van der Waals surface area contributed by atoms with Crippen LogP contribution in [-0.2, 0) is 26.1 Å². The van der Waals surface area contributed by atoms with E-state index in [1.54, 1.807) is 0 Å². The van der Waals surface area contributed by atoms with Crippen LogP contribution in [0.2, 0.25) is 0 Å². The van der Waals surface area contributed by atoms with Crippen molar-refractivity contribution in [3.05, 3.63) is 35.9 Å². The molecule has 0 spiro atoms. The summed E-state index contributed by atoms with van der Waals surface area (Å²) in [5, 5.41) is 11.2. The van der Waals surface area contributed by atoms with Gasteiger partial charge >= 0.3 is 5.97 Å². The molecule has 7 nitrogen and oxygen atoms in total. The fraction of sp³-hybridized carbons (Fsp3) is 0.500. The minimum absolute atomic E-state index is 0.185. The molecule has 0 aromatic heterocycles. The van der Waals surface area contributed by atoms with Gasteiger partial charge in [-0.2, -0.15) is 8.42 Å². The first-order chi connectivity index (χ1) is 11.3. The van der Waals surface area contributed by atoms with Crippen molar-refractivity contribution in [3.8, 4) is 0 Å². The smallest absolute Gasteiger partial charge is 0.326 e. The quantitative estimate of drug-likeness (QED) is 0.409. The number of aryl methyl sites for hydroxylation is 1. The van der Waals surface area contributed by atoms with E-state index < -0.39 is 33.8 Å². The molecule has 24 heavy (non-hydrogen) atoms. The van der Waals surface area contributed by atoms with Crippen molar-refractivity contribution in [3.63, 3.8) is 0 Å². The van der Waals surface area contributed by atoms with E-state index >= 15 is 0 Å². The first-order valence-electron chi connectivity index (χ1n) is 7.79. The van der Waals surface area contributed by atoms with Gasteiger partial charge in [0, 0.05) is 6.42 Å². The Balaban J connectivity index is 2.24. The predicted molar refractivity (Wildman–Crippen MR) is 89.2 cm³/mol. The molecule has 0 bridgehead atoms. The number of hydrogen-bond donors (Lipinski definition) is 3. The number of aliphatic carboxylic acids is 1. The Kier molecular flexibility index (Phi) is 8.42. The third-order valence-corrected chi connectivity index (χ3v) is 4.26. The fourth-order valence-corrected chi connectivity index (χ4v) is 2.76. The van der Waals surface area contributed by atoms with Gasteiger partial charge in [-0.25, -0.2) is 4.79 Å². The zero-order valence-electron chi connectivity index (χ0n) is 13.3. The van der Waals surface area contributed by atoms with Gasteiger partial charge in [-0.1, -0.05) is 36.8 Å². The highest BCUT2D eigenvalue weighted by Gasteiger charge is 2.21. The van der Waals surface area contributed by atoms with Crippen LogP contribution >= 0.6 is 0 Å². The molecule has 0 heterocycles. The van der Waals surface area contributed by atoms with E-state index in [0.29, 0.717) is 6.42 Å². The minimum Gasteiger partial charge on any atom is -0.480 e. The maximum absolute atomic E-state index is 11.7. The number of hydrogen-bond acceptors (Lipinski definition) is 4. The zero-order valence-corrected chi connectivity index (χ0v) is 14.2. The predicted octanol–water partition coefficient (Wildman–Crippen LogP) is 1.64. The van der Waals surface area contributed by atoms with Crippen molar-refractivity contribution in [2.24, 2.45) is 0 Å². The Hall–Kier alpha value is -1.93. The maximum Gasteiger partial charge on any atom is 0.326 e. The summed E-state index contributed by atoms with van der Waals surface area (Å²) in [5.41, 5.74) is 1.23. The highest BCUT2D eigenvalue weighted by atomic mass is 32.2. The molecule has 3 N–H and O–H groups in total. The summed E-state index contributed by atoms with van der Waals surface area (Å²) in [6, 6.07) is 8.67. The average molecular weight is 357 g/mol. The van der Waals surface area contributed by atoms with Crippen LogP contribution in [0, 0.1) is 0 Å². The first-order valence-corrected chi connectivity index (χ1v) is 9.40. The number of carboxylic acid groups (broad SMARTS) is 1. The van der Waals surface area contributed by atoms with Gasteiger partial charge in [-0.05, 0) is 31.2 Å². The number of carbonyl (C=O) groups excluding carboxylic acids is 1. The van der Waals surface area contributed by atoms with Crippen molar-refractivity contribution in [2.75, 3.05) is 5.75 Å². The monoisotopic (exact) mass is 357 g/mol. The van der Waals surface area contributed by atoms with Crippen molar-refractivity contribution >= 4 is 22.0 Å². The summed E-state index contributed by atoms with van der Waals surface area (Å²) >= 11 is 0. The lowest BCUT2D eigenvalue weighted by atomic mass is 10.1. The van der Waals surface area contributed by atoms with Crippen LogP contribution < -0.4 is 5.32 Å². The van der Waals surface area contributed by atoms with Crippen LogP contribution in [0.15, 0.2) is 30.3 Å². The number of unbranched alkanes of at least 4 members (excludes halogenated alkanes) is 2. The van der Waals surface area contributed by atoms with Gasteiger partial charge in [0.05, 0.1) is 5.75 Å². The van der Waals surface area contributed by atoms with Gasteiger partial charge in [0.1, 0.15) is 6.04 Å². The number of amides is 1. The Morgan fingerprint density at radius 1 is 1.08 bits per heavy atom. The Labute approximate surface area is 141 Å². The second-order valence-corrected chi connectivity index (χ2v) is 7.15. The molecule has 0 aliphatic carbocycles. The topological polar surface area (TPSA) is 121 Å². The summed E-state index contributed by atoms with van der Waals surface area (Å²) in [5.74, 6) is -2.46. The molecular weight excluding hydrogens is 334 g/mol. The van der Waals surface area contributed by atoms with E-state index in [9.17, 15) is 18.0 Å². The molecule has 1 aromatic carbocycles. The van der Waals surface area contributed by atoms with Crippen molar-refractivity contribution < 1.29 is 27.7 Å². The highest BCUT2D eigenvalue weighted by Crippen LogP contribution is 2.08. The summed E-state index contributed by atoms with van der Waals surface area (Å²) in [6.07, 6.45) is 3.14. The number of benzene rings is 1. The fourth-order valence-electron chi connectivity index (χ4n) is 2.23. The number of nitrogens with one attached hydrogen (secondary N) is 1. The standard InChI is InChI=1S/C16H23NO6S/c18-15(17-14(16(19)20)11-12-24(21,22)23)10-6-2-5-9-13-7-3-1-4-8-13/h1,3-4,7-8,14H,2,5-6,9-12H2,(H,17,18)(H,19,20)(H,21,22,23)/t14-/m0/s1. The lowest BCUT2D eigenvalue weighted by Gasteiger charge is -2.13. The van der Waals surface area contributed by atoms with E-state index in [-0.39, 0.29) is 12.8 Å². The van der Waals surface area contributed by atoms with E-state index in [1.165, 1.54) is 5.56 Å². The molecule has 0 saturated heterocycles. The Morgan fingerprint density at radius 2 is 1.75 bits per heavy atom. The van der Waals surface area contributed by atoms with Crippen LogP contribution in [0.3, 0.4) is 0 Å². The van der Waals surface area contributed by atoms with E-state index in [4.69, 9.17) is 9.66 Å². The molecular formula is C16H23NO6S. The van der Waals surface area contributed by atoms with Gasteiger partial charge in [0.2, 0.25) is 5.91 Å². The minimum atomic E-state index is -4.25. The molecule has 0 unspecified atom stereocenters. The summed E-state index contributed by atoms with van der Waals surface area (Å²) in [4.78, 5) is 22.7. The first kappa shape index (κ1) is 20.1. The summed E-state index contributed by atoms with van der Waals surface area (Å²) < 4.78 is 30.0. The van der Waals surface area contributed by atoms with Crippen LogP contribution in [0.1, 0.15) is 37.7 Å². The molecule has 1 rings (SSSR count). The molecule has 1 amide bonds. The molecule has 1 atom stereocenters. The van der Waals surface area contributed by atoms with Crippen LogP contribution in [0.5, 0.6) is 0 Å².